The largest absolute Gasteiger partial charge is 0.325 e. The van der Waals surface area contributed by atoms with Gasteiger partial charge in [-0.25, -0.2) is 0 Å². The predicted molar refractivity (Wildman–Crippen MR) is 52.9 cm³/mol. The van der Waals surface area contributed by atoms with Crippen molar-refractivity contribution in [2.24, 2.45) is 0 Å². The Labute approximate surface area is 85.7 Å². The molecule has 0 aromatic rings. The molecule has 82 valence electrons. The van der Waals surface area contributed by atoms with Crippen LogP contribution in [-0.4, -0.2) is 25.3 Å². The molecule has 2 aliphatic rings. The zero-order chi connectivity index (χ0) is 9.86. The third-order valence-electron chi connectivity index (χ3n) is 2.96. The molecule has 1 unspecified atom stereocenters. The van der Waals surface area contributed by atoms with E-state index < -0.39 is 5.97 Å². The third kappa shape index (κ3) is 2.27. The van der Waals surface area contributed by atoms with Gasteiger partial charge >= 0.3 is 0 Å². The van der Waals surface area contributed by atoms with Gasteiger partial charge in [0.05, 0.1) is 19.3 Å². The standard InChI is InChI=1S/C11H20O3/c1-2-3-5-10-6-4-7-11(14-10)12-8-9-13-11/h10H,2-9H2,1H3. The lowest BCUT2D eigenvalue weighted by molar-refractivity contribution is -0.364. The molecule has 0 bridgehead atoms. The first-order chi connectivity index (χ1) is 6.85. The molecule has 0 N–H and O–H groups in total. The maximum Gasteiger partial charge on any atom is 0.283 e. The van der Waals surface area contributed by atoms with Crippen LogP contribution in [0.1, 0.15) is 45.4 Å². The van der Waals surface area contributed by atoms with Gasteiger partial charge in [-0.15, -0.1) is 0 Å². The van der Waals surface area contributed by atoms with Crippen molar-refractivity contribution < 1.29 is 14.2 Å². The van der Waals surface area contributed by atoms with Crippen LogP contribution < -0.4 is 0 Å². The molecule has 0 aromatic carbocycles. The van der Waals surface area contributed by atoms with Crippen LogP contribution in [0.15, 0.2) is 0 Å². The van der Waals surface area contributed by atoms with Crippen LogP contribution in [0.4, 0.5) is 0 Å². The normalized spacial score (nSPS) is 31.1. The number of rotatable bonds is 3. The molecule has 1 spiro atoms. The second-order valence-electron chi connectivity index (χ2n) is 4.15. The van der Waals surface area contributed by atoms with E-state index in [0.29, 0.717) is 19.3 Å². The molecule has 2 fully saturated rings. The average Bonchev–Trinajstić information content (AvgIpc) is 2.63. The first kappa shape index (κ1) is 10.4. The highest BCUT2D eigenvalue weighted by atomic mass is 16.9. The van der Waals surface area contributed by atoms with Gasteiger partial charge in [-0.05, 0) is 19.3 Å². The van der Waals surface area contributed by atoms with Crippen molar-refractivity contribution >= 4 is 0 Å². The molecule has 0 amide bonds. The Bertz CT molecular complexity index is 175. The summed E-state index contributed by atoms with van der Waals surface area (Å²) < 4.78 is 17.0. The van der Waals surface area contributed by atoms with E-state index in [0.717, 1.165) is 25.7 Å². The molecule has 2 rings (SSSR count). The Kier molecular flexibility index (Phi) is 3.42. The number of hydrogen-bond acceptors (Lipinski definition) is 3. The predicted octanol–water partition coefficient (Wildman–Crippen LogP) is 2.45. The van der Waals surface area contributed by atoms with Gasteiger partial charge in [-0.3, -0.25) is 0 Å². The molecule has 14 heavy (non-hydrogen) atoms. The van der Waals surface area contributed by atoms with Crippen molar-refractivity contribution in [3.63, 3.8) is 0 Å². The van der Waals surface area contributed by atoms with Crippen LogP contribution >= 0.6 is 0 Å². The molecule has 2 saturated heterocycles. The average molecular weight is 200 g/mol. The number of unbranched alkanes of at least 4 members (excludes halogenated alkanes) is 1. The van der Waals surface area contributed by atoms with E-state index in [4.69, 9.17) is 14.2 Å². The molecule has 1 atom stereocenters. The van der Waals surface area contributed by atoms with Gasteiger partial charge in [0.2, 0.25) is 0 Å². The van der Waals surface area contributed by atoms with E-state index in [2.05, 4.69) is 6.92 Å². The van der Waals surface area contributed by atoms with Gasteiger partial charge < -0.3 is 14.2 Å². The van der Waals surface area contributed by atoms with Crippen LogP contribution in [0, 0.1) is 0 Å². The van der Waals surface area contributed by atoms with Crippen LogP contribution in [0.3, 0.4) is 0 Å². The number of hydrogen-bond donors (Lipinski definition) is 0. The molecule has 2 aliphatic heterocycles. The summed E-state index contributed by atoms with van der Waals surface area (Å²) in [5.41, 5.74) is 0. The maximum atomic E-state index is 5.89. The lowest BCUT2D eigenvalue weighted by atomic mass is 10.0. The molecule has 0 aliphatic carbocycles. The van der Waals surface area contributed by atoms with E-state index in [1.54, 1.807) is 0 Å². The Balaban J connectivity index is 1.83. The summed E-state index contributed by atoms with van der Waals surface area (Å²) in [5.74, 6) is -0.656. The maximum absolute atomic E-state index is 5.89. The number of ether oxygens (including phenoxy) is 3. The Morgan fingerprint density at radius 3 is 2.79 bits per heavy atom. The summed E-state index contributed by atoms with van der Waals surface area (Å²) in [4.78, 5) is 0. The lowest BCUT2D eigenvalue weighted by Gasteiger charge is -2.36. The second kappa shape index (κ2) is 4.60. The summed E-state index contributed by atoms with van der Waals surface area (Å²) in [5, 5.41) is 0. The van der Waals surface area contributed by atoms with Gasteiger partial charge in [0.1, 0.15) is 0 Å². The zero-order valence-corrected chi connectivity index (χ0v) is 8.96. The highest BCUT2D eigenvalue weighted by Crippen LogP contribution is 2.35. The minimum Gasteiger partial charge on any atom is -0.325 e. The van der Waals surface area contributed by atoms with Crippen LogP contribution in [0.2, 0.25) is 0 Å². The van der Waals surface area contributed by atoms with Gasteiger partial charge in [-0.2, -0.15) is 0 Å². The van der Waals surface area contributed by atoms with Gasteiger partial charge in [-0.1, -0.05) is 19.8 Å². The quantitative estimate of drug-likeness (QED) is 0.700. The van der Waals surface area contributed by atoms with Crippen molar-refractivity contribution in [3.05, 3.63) is 0 Å². The highest BCUT2D eigenvalue weighted by molar-refractivity contribution is 4.74. The third-order valence-corrected chi connectivity index (χ3v) is 2.96. The van der Waals surface area contributed by atoms with Crippen molar-refractivity contribution in [2.45, 2.75) is 57.5 Å². The van der Waals surface area contributed by atoms with E-state index in [1.165, 1.54) is 12.8 Å². The minimum atomic E-state index is -0.656. The van der Waals surface area contributed by atoms with Gasteiger partial charge in [0, 0.05) is 6.42 Å². The highest BCUT2D eigenvalue weighted by Gasteiger charge is 2.42. The summed E-state index contributed by atoms with van der Waals surface area (Å²) >= 11 is 0. The molecular formula is C11H20O3. The van der Waals surface area contributed by atoms with Crippen molar-refractivity contribution in [3.8, 4) is 0 Å². The zero-order valence-electron chi connectivity index (χ0n) is 8.96. The minimum absolute atomic E-state index is 0.349. The summed E-state index contributed by atoms with van der Waals surface area (Å²) in [6.07, 6.45) is 7.18. The molecule has 0 saturated carbocycles. The topological polar surface area (TPSA) is 27.7 Å². The molecular weight excluding hydrogens is 180 g/mol. The van der Waals surface area contributed by atoms with Crippen molar-refractivity contribution in [1.29, 1.82) is 0 Å². The van der Waals surface area contributed by atoms with Crippen LogP contribution in [-0.2, 0) is 14.2 Å². The molecule has 0 aromatic heterocycles. The molecule has 3 heteroatoms. The second-order valence-corrected chi connectivity index (χ2v) is 4.15. The summed E-state index contributed by atoms with van der Waals surface area (Å²) in [6, 6.07) is 0. The van der Waals surface area contributed by atoms with Crippen LogP contribution in [0.25, 0.3) is 0 Å². The lowest BCUT2D eigenvalue weighted by Crippen LogP contribution is -2.41. The van der Waals surface area contributed by atoms with Crippen molar-refractivity contribution in [2.75, 3.05) is 13.2 Å². The first-order valence-electron chi connectivity index (χ1n) is 5.80. The van der Waals surface area contributed by atoms with E-state index in [1.807, 2.05) is 0 Å². The van der Waals surface area contributed by atoms with Gasteiger partial charge in [0.25, 0.3) is 5.97 Å². The van der Waals surface area contributed by atoms with Crippen molar-refractivity contribution in [1.82, 2.24) is 0 Å². The summed E-state index contributed by atoms with van der Waals surface area (Å²) in [7, 11) is 0. The van der Waals surface area contributed by atoms with Crippen LogP contribution in [0.5, 0.6) is 0 Å². The van der Waals surface area contributed by atoms with E-state index in [-0.39, 0.29) is 0 Å². The fraction of sp³-hybridized carbons (Fsp3) is 1.00. The van der Waals surface area contributed by atoms with Gasteiger partial charge in [0.15, 0.2) is 0 Å². The smallest absolute Gasteiger partial charge is 0.283 e. The first-order valence-corrected chi connectivity index (χ1v) is 5.80. The molecule has 2 heterocycles. The van der Waals surface area contributed by atoms with E-state index in [9.17, 15) is 0 Å². The summed E-state index contributed by atoms with van der Waals surface area (Å²) in [6.45, 7) is 3.57. The molecule has 0 radical (unpaired) electrons. The Hall–Kier alpha value is -0.120. The van der Waals surface area contributed by atoms with E-state index >= 15 is 0 Å². The SMILES string of the molecule is CCCCC1CCCC2(OCCO2)O1. The monoisotopic (exact) mass is 200 g/mol. The Morgan fingerprint density at radius 1 is 1.29 bits per heavy atom. The Morgan fingerprint density at radius 2 is 2.07 bits per heavy atom. The fourth-order valence-electron chi connectivity index (χ4n) is 2.20. The molecule has 3 nitrogen and oxygen atoms in total. The fourth-order valence-corrected chi connectivity index (χ4v) is 2.20.